The lowest BCUT2D eigenvalue weighted by Gasteiger charge is -2.01. The minimum atomic E-state index is 0.862. The zero-order valence-electron chi connectivity index (χ0n) is 10.2. The van der Waals surface area contributed by atoms with Crippen LogP contribution in [-0.4, -0.2) is 27.9 Å². The molecule has 92 valence electrons. The van der Waals surface area contributed by atoms with Crippen LogP contribution in [-0.2, 0) is 6.54 Å². The van der Waals surface area contributed by atoms with E-state index in [1.807, 2.05) is 36.2 Å². The number of fused-ring (bicyclic) bond motifs is 1. The summed E-state index contributed by atoms with van der Waals surface area (Å²) in [6, 6.07) is 6.07. The molecular weight excluding hydrogens is 230 g/mol. The predicted octanol–water partition coefficient (Wildman–Crippen LogP) is 2.57. The highest BCUT2D eigenvalue weighted by Crippen LogP contribution is 2.04. The van der Waals surface area contributed by atoms with Gasteiger partial charge in [-0.2, -0.15) is 11.8 Å². The summed E-state index contributed by atoms with van der Waals surface area (Å²) in [7, 11) is 0. The Hall–Kier alpha value is -1.00. The second-order valence-corrected chi connectivity index (χ2v) is 5.06. The van der Waals surface area contributed by atoms with Crippen LogP contribution in [0.2, 0.25) is 0 Å². The third kappa shape index (κ3) is 3.75. The average molecular weight is 249 g/mol. The van der Waals surface area contributed by atoms with Crippen molar-refractivity contribution in [3.8, 4) is 0 Å². The van der Waals surface area contributed by atoms with Gasteiger partial charge in [-0.15, -0.1) is 0 Å². The van der Waals surface area contributed by atoms with Gasteiger partial charge in [0.05, 0.1) is 5.69 Å². The number of unbranched alkanes of at least 4 members (excludes halogenated alkanes) is 1. The topological polar surface area (TPSA) is 29.3 Å². The number of pyridine rings is 1. The zero-order valence-corrected chi connectivity index (χ0v) is 11.0. The van der Waals surface area contributed by atoms with Crippen molar-refractivity contribution in [2.75, 3.05) is 18.6 Å². The summed E-state index contributed by atoms with van der Waals surface area (Å²) in [6.45, 7) is 1.94. The van der Waals surface area contributed by atoms with Gasteiger partial charge in [0.15, 0.2) is 0 Å². The number of imidazole rings is 1. The van der Waals surface area contributed by atoms with E-state index in [0.717, 1.165) is 24.4 Å². The van der Waals surface area contributed by atoms with Crippen molar-refractivity contribution < 1.29 is 0 Å². The van der Waals surface area contributed by atoms with Gasteiger partial charge in [0.25, 0.3) is 0 Å². The van der Waals surface area contributed by atoms with Crippen LogP contribution < -0.4 is 5.32 Å². The standard InChI is InChI=1S/C13H19N3S/c1-17-9-5-3-7-14-10-12-11-16-8-4-2-6-13(16)15-12/h2,4,6,8,11,14H,3,5,7,9-10H2,1H3. The minimum Gasteiger partial charge on any atom is -0.311 e. The van der Waals surface area contributed by atoms with E-state index in [0.29, 0.717) is 0 Å². The fraction of sp³-hybridized carbons (Fsp3) is 0.462. The Kier molecular flexibility index (Phi) is 4.88. The van der Waals surface area contributed by atoms with Gasteiger partial charge in [-0.25, -0.2) is 4.98 Å². The van der Waals surface area contributed by atoms with E-state index in [4.69, 9.17) is 0 Å². The first-order chi connectivity index (χ1) is 8.40. The van der Waals surface area contributed by atoms with Crippen molar-refractivity contribution in [2.45, 2.75) is 19.4 Å². The van der Waals surface area contributed by atoms with E-state index in [1.54, 1.807) is 0 Å². The first-order valence-electron chi connectivity index (χ1n) is 6.02. The van der Waals surface area contributed by atoms with Crippen molar-refractivity contribution in [1.82, 2.24) is 14.7 Å². The fourth-order valence-electron chi connectivity index (χ4n) is 1.79. The first-order valence-corrected chi connectivity index (χ1v) is 7.42. The highest BCUT2D eigenvalue weighted by molar-refractivity contribution is 7.98. The molecule has 0 atom stereocenters. The SMILES string of the molecule is CSCCCCNCc1cn2ccccc2n1. The Labute approximate surface area is 107 Å². The molecule has 2 rings (SSSR count). The summed E-state index contributed by atoms with van der Waals surface area (Å²) < 4.78 is 2.06. The number of nitrogens with zero attached hydrogens (tertiary/aromatic N) is 2. The lowest BCUT2D eigenvalue weighted by molar-refractivity contribution is 0.637. The normalized spacial score (nSPS) is 11.1. The molecule has 0 unspecified atom stereocenters. The van der Waals surface area contributed by atoms with Gasteiger partial charge < -0.3 is 9.72 Å². The smallest absolute Gasteiger partial charge is 0.137 e. The molecule has 0 aromatic carbocycles. The largest absolute Gasteiger partial charge is 0.311 e. The van der Waals surface area contributed by atoms with E-state index in [1.165, 1.54) is 18.6 Å². The van der Waals surface area contributed by atoms with Gasteiger partial charge >= 0.3 is 0 Å². The van der Waals surface area contributed by atoms with E-state index >= 15 is 0 Å². The fourth-order valence-corrected chi connectivity index (χ4v) is 2.28. The number of rotatable bonds is 7. The minimum absolute atomic E-state index is 0.862. The van der Waals surface area contributed by atoms with E-state index in [-0.39, 0.29) is 0 Å². The Balaban J connectivity index is 1.75. The molecule has 0 bridgehead atoms. The molecule has 0 fully saturated rings. The zero-order chi connectivity index (χ0) is 11.9. The van der Waals surface area contributed by atoms with Crippen LogP contribution in [0.25, 0.3) is 5.65 Å². The molecule has 0 amide bonds. The van der Waals surface area contributed by atoms with Crippen LogP contribution in [0.1, 0.15) is 18.5 Å². The van der Waals surface area contributed by atoms with Crippen LogP contribution in [0.4, 0.5) is 0 Å². The van der Waals surface area contributed by atoms with Crippen molar-refractivity contribution in [2.24, 2.45) is 0 Å². The number of hydrogen-bond donors (Lipinski definition) is 1. The molecule has 3 nitrogen and oxygen atoms in total. The van der Waals surface area contributed by atoms with Crippen molar-refractivity contribution in [1.29, 1.82) is 0 Å². The van der Waals surface area contributed by atoms with Crippen LogP contribution in [0.15, 0.2) is 30.6 Å². The third-order valence-electron chi connectivity index (χ3n) is 2.67. The van der Waals surface area contributed by atoms with E-state index in [9.17, 15) is 0 Å². The molecule has 0 saturated heterocycles. The lowest BCUT2D eigenvalue weighted by atomic mass is 10.3. The molecule has 4 heteroatoms. The molecule has 17 heavy (non-hydrogen) atoms. The Morgan fingerprint density at radius 3 is 3.12 bits per heavy atom. The second-order valence-electron chi connectivity index (χ2n) is 4.08. The molecule has 0 saturated carbocycles. The van der Waals surface area contributed by atoms with Crippen molar-refractivity contribution >= 4 is 17.4 Å². The summed E-state index contributed by atoms with van der Waals surface area (Å²) >= 11 is 1.92. The molecule has 0 aliphatic carbocycles. The van der Waals surface area contributed by atoms with Crippen LogP contribution in [0, 0.1) is 0 Å². The first kappa shape index (κ1) is 12.5. The number of hydrogen-bond acceptors (Lipinski definition) is 3. The highest BCUT2D eigenvalue weighted by Gasteiger charge is 1.99. The summed E-state index contributed by atoms with van der Waals surface area (Å²) in [5, 5.41) is 3.44. The van der Waals surface area contributed by atoms with Crippen LogP contribution in [0.3, 0.4) is 0 Å². The summed E-state index contributed by atoms with van der Waals surface area (Å²) in [4.78, 5) is 4.54. The molecule has 0 aliphatic rings. The van der Waals surface area contributed by atoms with Gasteiger partial charge in [-0.1, -0.05) is 6.07 Å². The van der Waals surface area contributed by atoms with E-state index in [2.05, 4.69) is 27.2 Å². The Morgan fingerprint density at radius 2 is 2.29 bits per heavy atom. The van der Waals surface area contributed by atoms with Crippen molar-refractivity contribution in [3.63, 3.8) is 0 Å². The maximum Gasteiger partial charge on any atom is 0.137 e. The molecule has 0 radical (unpaired) electrons. The van der Waals surface area contributed by atoms with Crippen molar-refractivity contribution in [3.05, 3.63) is 36.3 Å². The van der Waals surface area contributed by atoms with Gasteiger partial charge in [0.2, 0.25) is 0 Å². The maximum absolute atomic E-state index is 4.54. The predicted molar refractivity (Wildman–Crippen MR) is 74.5 cm³/mol. The lowest BCUT2D eigenvalue weighted by Crippen LogP contribution is -2.15. The molecule has 2 aromatic rings. The molecule has 0 aliphatic heterocycles. The number of nitrogens with one attached hydrogen (secondary N) is 1. The van der Waals surface area contributed by atoms with Gasteiger partial charge in [0.1, 0.15) is 5.65 Å². The summed E-state index contributed by atoms with van der Waals surface area (Å²) in [5.41, 5.74) is 2.13. The van der Waals surface area contributed by atoms with Crippen LogP contribution in [0.5, 0.6) is 0 Å². The molecule has 2 aromatic heterocycles. The van der Waals surface area contributed by atoms with Gasteiger partial charge in [-0.3, -0.25) is 0 Å². The Morgan fingerprint density at radius 1 is 1.35 bits per heavy atom. The summed E-state index contributed by atoms with van der Waals surface area (Å²) in [5.74, 6) is 1.26. The molecular formula is C13H19N3S. The quantitative estimate of drug-likeness (QED) is 0.765. The van der Waals surface area contributed by atoms with Gasteiger partial charge in [0, 0.05) is 18.9 Å². The van der Waals surface area contributed by atoms with Gasteiger partial charge in [-0.05, 0) is 43.5 Å². The number of thioether (sulfide) groups is 1. The second kappa shape index (κ2) is 6.67. The monoisotopic (exact) mass is 249 g/mol. The summed E-state index contributed by atoms with van der Waals surface area (Å²) in [6.07, 6.45) is 8.81. The average Bonchev–Trinajstić information content (AvgIpc) is 2.76. The van der Waals surface area contributed by atoms with Crippen LogP contribution >= 0.6 is 11.8 Å². The molecule has 2 heterocycles. The molecule has 1 N–H and O–H groups in total. The highest BCUT2D eigenvalue weighted by atomic mass is 32.2. The third-order valence-corrected chi connectivity index (χ3v) is 3.37. The van der Waals surface area contributed by atoms with E-state index < -0.39 is 0 Å². The number of aromatic nitrogens is 2. The Bertz CT molecular complexity index is 420. The maximum atomic E-state index is 4.54. The molecule has 0 spiro atoms.